The molecule has 7 heteroatoms. The van der Waals surface area contributed by atoms with Crippen LogP contribution in [0, 0.1) is 0 Å². The van der Waals surface area contributed by atoms with Crippen LogP contribution in [0.4, 0.5) is 0 Å². The largest absolute Gasteiger partial charge is 0.345 e. The molecule has 2 atom stereocenters. The SMILES string of the molecule is C=CCC(N)C(=O)NC(C)c1nn[nH]n1. The van der Waals surface area contributed by atoms with Crippen molar-refractivity contribution in [2.75, 3.05) is 0 Å². The zero-order valence-electron chi connectivity index (χ0n) is 8.47. The molecule has 15 heavy (non-hydrogen) atoms. The Morgan fingerprint density at radius 3 is 3.07 bits per heavy atom. The molecule has 0 aliphatic rings. The number of rotatable bonds is 5. The van der Waals surface area contributed by atoms with Crippen molar-refractivity contribution in [3.8, 4) is 0 Å². The first-order valence-corrected chi connectivity index (χ1v) is 4.55. The highest BCUT2D eigenvalue weighted by molar-refractivity contribution is 5.81. The highest BCUT2D eigenvalue weighted by Gasteiger charge is 2.17. The van der Waals surface area contributed by atoms with Gasteiger partial charge >= 0.3 is 0 Å². The zero-order chi connectivity index (χ0) is 11.3. The summed E-state index contributed by atoms with van der Waals surface area (Å²) < 4.78 is 0. The van der Waals surface area contributed by atoms with E-state index in [1.165, 1.54) is 0 Å². The lowest BCUT2D eigenvalue weighted by atomic mass is 10.2. The topological polar surface area (TPSA) is 110 Å². The minimum absolute atomic E-state index is 0.257. The molecule has 0 fully saturated rings. The second kappa shape index (κ2) is 5.20. The van der Waals surface area contributed by atoms with Crippen molar-refractivity contribution < 1.29 is 4.79 Å². The Balaban J connectivity index is 2.48. The molecule has 0 aliphatic carbocycles. The molecule has 1 aromatic heterocycles. The van der Waals surface area contributed by atoms with Crippen molar-refractivity contribution in [2.24, 2.45) is 5.73 Å². The lowest BCUT2D eigenvalue weighted by molar-refractivity contribution is -0.123. The van der Waals surface area contributed by atoms with Crippen LogP contribution in [0.1, 0.15) is 25.2 Å². The summed E-state index contributed by atoms with van der Waals surface area (Å²) in [5.41, 5.74) is 5.58. The molecule has 0 bridgehead atoms. The molecular weight excluding hydrogens is 196 g/mol. The molecule has 0 spiro atoms. The Morgan fingerprint density at radius 1 is 1.80 bits per heavy atom. The van der Waals surface area contributed by atoms with E-state index in [0.29, 0.717) is 12.2 Å². The van der Waals surface area contributed by atoms with Crippen LogP contribution in [-0.2, 0) is 4.79 Å². The van der Waals surface area contributed by atoms with Gasteiger partial charge in [0.1, 0.15) is 0 Å². The predicted octanol–water partition coefficient (Wildman–Crippen LogP) is -0.720. The molecule has 82 valence electrons. The minimum atomic E-state index is -0.586. The van der Waals surface area contributed by atoms with Crippen LogP contribution >= 0.6 is 0 Å². The van der Waals surface area contributed by atoms with Gasteiger partial charge in [-0.2, -0.15) is 5.21 Å². The molecule has 1 aromatic rings. The highest BCUT2D eigenvalue weighted by atomic mass is 16.2. The second-order valence-electron chi connectivity index (χ2n) is 3.13. The Hall–Kier alpha value is -1.76. The summed E-state index contributed by atoms with van der Waals surface area (Å²) >= 11 is 0. The van der Waals surface area contributed by atoms with Crippen molar-refractivity contribution in [2.45, 2.75) is 25.4 Å². The summed E-state index contributed by atoms with van der Waals surface area (Å²) in [5, 5.41) is 15.9. The van der Waals surface area contributed by atoms with Crippen molar-refractivity contribution >= 4 is 5.91 Å². The van der Waals surface area contributed by atoms with Gasteiger partial charge in [-0.15, -0.1) is 16.8 Å². The molecule has 0 saturated carbocycles. The fourth-order valence-electron chi connectivity index (χ4n) is 1.02. The van der Waals surface area contributed by atoms with Gasteiger partial charge in [-0.3, -0.25) is 4.79 Å². The van der Waals surface area contributed by atoms with Gasteiger partial charge in [0.05, 0.1) is 12.1 Å². The van der Waals surface area contributed by atoms with Crippen molar-refractivity contribution in [1.82, 2.24) is 25.9 Å². The first-order chi connectivity index (χ1) is 7.15. The van der Waals surface area contributed by atoms with Gasteiger partial charge < -0.3 is 11.1 Å². The lowest BCUT2D eigenvalue weighted by Gasteiger charge is -2.13. The van der Waals surface area contributed by atoms with Crippen LogP contribution in [0.2, 0.25) is 0 Å². The summed E-state index contributed by atoms with van der Waals surface area (Å²) in [7, 11) is 0. The Labute approximate surface area is 87.1 Å². The third kappa shape index (κ3) is 3.13. The van der Waals surface area contributed by atoms with E-state index < -0.39 is 6.04 Å². The molecule has 1 amide bonds. The molecule has 0 aromatic carbocycles. The number of amides is 1. The van der Waals surface area contributed by atoms with E-state index in [1.807, 2.05) is 0 Å². The number of H-pyrrole nitrogens is 1. The fraction of sp³-hybridized carbons (Fsp3) is 0.500. The number of carbonyl (C=O) groups excluding carboxylic acids is 1. The van der Waals surface area contributed by atoms with Gasteiger partial charge in [0.15, 0.2) is 5.82 Å². The molecule has 0 saturated heterocycles. The number of aromatic amines is 1. The molecular formula is C8H14N6O. The number of nitrogens with zero attached hydrogens (tertiary/aromatic N) is 3. The summed E-state index contributed by atoms with van der Waals surface area (Å²) in [6.07, 6.45) is 2.04. The molecule has 0 aliphatic heterocycles. The number of aromatic nitrogens is 4. The lowest BCUT2D eigenvalue weighted by Crippen LogP contribution is -2.41. The van der Waals surface area contributed by atoms with E-state index in [4.69, 9.17) is 5.73 Å². The van der Waals surface area contributed by atoms with Crippen LogP contribution < -0.4 is 11.1 Å². The van der Waals surface area contributed by atoms with Gasteiger partial charge in [-0.05, 0) is 13.3 Å². The van der Waals surface area contributed by atoms with Crippen molar-refractivity contribution in [3.63, 3.8) is 0 Å². The van der Waals surface area contributed by atoms with E-state index in [1.54, 1.807) is 13.0 Å². The van der Waals surface area contributed by atoms with Gasteiger partial charge in [-0.25, -0.2) is 0 Å². The van der Waals surface area contributed by atoms with Crippen LogP contribution in [0.5, 0.6) is 0 Å². The molecule has 0 radical (unpaired) electrons. The van der Waals surface area contributed by atoms with E-state index in [-0.39, 0.29) is 11.9 Å². The fourth-order valence-corrected chi connectivity index (χ4v) is 1.02. The van der Waals surface area contributed by atoms with Gasteiger partial charge in [0, 0.05) is 0 Å². The van der Waals surface area contributed by atoms with Crippen LogP contribution in [0.15, 0.2) is 12.7 Å². The van der Waals surface area contributed by atoms with E-state index in [9.17, 15) is 4.79 Å². The van der Waals surface area contributed by atoms with Gasteiger partial charge in [0.2, 0.25) is 5.91 Å². The molecule has 1 rings (SSSR count). The Morgan fingerprint density at radius 2 is 2.53 bits per heavy atom. The predicted molar refractivity (Wildman–Crippen MR) is 53.5 cm³/mol. The quantitative estimate of drug-likeness (QED) is 0.555. The Bertz CT molecular complexity index is 322. The van der Waals surface area contributed by atoms with E-state index in [2.05, 4.69) is 32.5 Å². The summed E-state index contributed by atoms with van der Waals surface area (Å²) in [6, 6.07) is -0.899. The number of nitrogens with one attached hydrogen (secondary N) is 2. The van der Waals surface area contributed by atoms with Crippen molar-refractivity contribution in [3.05, 3.63) is 18.5 Å². The maximum Gasteiger partial charge on any atom is 0.237 e. The number of nitrogens with two attached hydrogens (primary N) is 1. The van der Waals surface area contributed by atoms with Crippen LogP contribution in [0.25, 0.3) is 0 Å². The monoisotopic (exact) mass is 210 g/mol. The summed E-state index contributed by atoms with van der Waals surface area (Å²) in [4.78, 5) is 11.5. The number of tetrazole rings is 1. The Kier molecular flexibility index (Phi) is 3.92. The first kappa shape index (κ1) is 11.3. The molecule has 4 N–H and O–H groups in total. The molecule has 1 heterocycles. The van der Waals surface area contributed by atoms with Crippen LogP contribution in [-0.4, -0.2) is 32.6 Å². The number of hydrogen-bond acceptors (Lipinski definition) is 5. The average molecular weight is 210 g/mol. The second-order valence-corrected chi connectivity index (χ2v) is 3.13. The third-order valence-corrected chi connectivity index (χ3v) is 1.87. The van der Waals surface area contributed by atoms with E-state index in [0.717, 1.165) is 0 Å². The average Bonchev–Trinajstić information content (AvgIpc) is 2.70. The zero-order valence-corrected chi connectivity index (χ0v) is 8.47. The smallest absolute Gasteiger partial charge is 0.237 e. The van der Waals surface area contributed by atoms with E-state index >= 15 is 0 Å². The maximum atomic E-state index is 11.5. The normalized spacial score (nSPS) is 14.3. The van der Waals surface area contributed by atoms with Crippen molar-refractivity contribution in [1.29, 1.82) is 0 Å². The molecule has 7 nitrogen and oxygen atoms in total. The van der Waals surface area contributed by atoms with Gasteiger partial charge in [-0.1, -0.05) is 11.3 Å². The summed E-state index contributed by atoms with van der Waals surface area (Å²) in [5.74, 6) is 0.168. The highest BCUT2D eigenvalue weighted by Crippen LogP contribution is 2.03. The molecule has 2 unspecified atom stereocenters. The maximum absolute atomic E-state index is 11.5. The third-order valence-electron chi connectivity index (χ3n) is 1.87. The first-order valence-electron chi connectivity index (χ1n) is 4.55. The summed E-state index contributed by atoms with van der Waals surface area (Å²) in [6.45, 7) is 5.27. The van der Waals surface area contributed by atoms with Gasteiger partial charge in [0.25, 0.3) is 0 Å². The standard InChI is InChI=1S/C8H14N6O/c1-3-4-6(9)8(15)10-5(2)7-11-13-14-12-7/h3,5-6H,1,4,9H2,2H3,(H,10,15)(H,11,12,13,14). The number of hydrogen-bond donors (Lipinski definition) is 3. The van der Waals surface area contributed by atoms with Crippen LogP contribution in [0.3, 0.4) is 0 Å². The number of carbonyl (C=O) groups is 1. The minimum Gasteiger partial charge on any atom is -0.345 e.